The van der Waals surface area contributed by atoms with Crippen molar-refractivity contribution in [3.8, 4) is 0 Å². The molecular weight excluding hydrogens is 230 g/mol. The Morgan fingerprint density at radius 1 is 1.44 bits per heavy atom. The first kappa shape index (κ1) is 11.2. The molecule has 0 amide bonds. The Bertz CT molecular complexity index is 587. The van der Waals surface area contributed by atoms with Gasteiger partial charge in [0.25, 0.3) is 0 Å². The number of carboxylic acids is 1. The van der Waals surface area contributed by atoms with Crippen molar-refractivity contribution in [1.82, 2.24) is 15.0 Å². The quantitative estimate of drug-likeness (QED) is 0.877. The first-order chi connectivity index (χ1) is 8.74. The molecule has 1 aromatic carbocycles. The van der Waals surface area contributed by atoms with Crippen LogP contribution in [0.25, 0.3) is 11.0 Å². The largest absolute Gasteiger partial charge is 0.478 e. The van der Waals surface area contributed by atoms with Crippen LogP contribution in [-0.4, -0.2) is 26.1 Å². The fourth-order valence-electron chi connectivity index (χ4n) is 2.20. The van der Waals surface area contributed by atoms with Gasteiger partial charge in [0, 0.05) is 6.54 Å². The van der Waals surface area contributed by atoms with Gasteiger partial charge < -0.3 is 5.11 Å². The highest BCUT2D eigenvalue weighted by Crippen LogP contribution is 2.33. The molecule has 0 radical (unpaired) electrons. The Hall–Kier alpha value is -1.91. The molecule has 94 valence electrons. The lowest BCUT2D eigenvalue weighted by atomic mass is 10.2. The first-order valence-electron chi connectivity index (χ1n) is 6.30. The highest BCUT2D eigenvalue weighted by atomic mass is 16.4. The fourth-order valence-corrected chi connectivity index (χ4v) is 2.20. The smallest absolute Gasteiger partial charge is 0.335 e. The third kappa shape index (κ3) is 2.20. The van der Waals surface area contributed by atoms with E-state index in [1.807, 2.05) is 4.68 Å². The summed E-state index contributed by atoms with van der Waals surface area (Å²) in [6.45, 7) is 0.816. The number of hydrogen-bond donors (Lipinski definition) is 1. The summed E-state index contributed by atoms with van der Waals surface area (Å²) < 4.78 is 1.81. The van der Waals surface area contributed by atoms with Crippen molar-refractivity contribution in [3.63, 3.8) is 0 Å². The summed E-state index contributed by atoms with van der Waals surface area (Å²) in [5, 5.41) is 17.1. The second-order valence-electron chi connectivity index (χ2n) is 4.91. The number of nitrogens with zero attached hydrogens (tertiary/aromatic N) is 3. The normalized spacial score (nSPS) is 15.1. The van der Waals surface area contributed by atoms with Gasteiger partial charge in [-0.1, -0.05) is 18.1 Å². The Morgan fingerprint density at radius 3 is 3.00 bits per heavy atom. The zero-order valence-corrected chi connectivity index (χ0v) is 10.0. The molecule has 1 N–H and O–H groups in total. The van der Waals surface area contributed by atoms with E-state index in [9.17, 15) is 4.79 Å². The maximum Gasteiger partial charge on any atom is 0.335 e. The van der Waals surface area contributed by atoms with Gasteiger partial charge >= 0.3 is 5.97 Å². The van der Waals surface area contributed by atoms with E-state index < -0.39 is 5.97 Å². The van der Waals surface area contributed by atoms with Gasteiger partial charge in [-0.15, -0.1) is 5.10 Å². The molecule has 1 fully saturated rings. The van der Waals surface area contributed by atoms with E-state index in [2.05, 4.69) is 10.3 Å². The van der Waals surface area contributed by atoms with Crippen LogP contribution in [0.3, 0.4) is 0 Å². The number of aromatic carboxylic acids is 1. The third-order valence-electron chi connectivity index (χ3n) is 3.44. The summed E-state index contributed by atoms with van der Waals surface area (Å²) >= 11 is 0. The van der Waals surface area contributed by atoms with E-state index in [0.29, 0.717) is 0 Å². The van der Waals surface area contributed by atoms with Gasteiger partial charge in [-0.25, -0.2) is 9.48 Å². The molecule has 1 saturated carbocycles. The molecule has 2 aromatic rings. The van der Waals surface area contributed by atoms with Gasteiger partial charge in [-0.2, -0.15) is 0 Å². The first-order valence-corrected chi connectivity index (χ1v) is 6.30. The van der Waals surface area contributed by atoms with Crippen LogP contribution >= 0.6 is 0 Å². The fraction of sp³-hybridized carbons (Fsp3) is 0.462. The van der Waals surface area contributed by atoms with Crippen molar-refractivity contribution in [2.24, 2.45) is 5.92 Å². The van der Waals surface area contributed by atoms with Gasteiger partial charge in [-0.3, -0.25) is 0 Å². The molecule has 1 aromatic heterocycles. The number of carboxylic acid groups (broad SMARTS) is 1. The van der Waals surface area contributed by atoms with Gasteiger partial charge in [0.15, 0.2) is 0 Å². The lowest BCUT2D eigenvalue weighted by Gasteiger charge is -2.02. The Kier molecular flexibility index (Phi) is 2.74. The van der Waals surface area contributed by atoms with Crippen LogP contribution in [0.15, 0.2) is 18.2 Å². The number of rotatable bonds is 5. The number of hydrogen-bond acceptors (Lipinski definition) is 3. The van der Waals surface area contributed by atoms with E-state index >= 15 is 0 Å². The number of fused-ring (bicyclic) bond motifs is 1. The molecule has 5 heteroatoms. The predicted molar refractivity (Wildman–Crippen MR) is 66.4 cm³/mol. The molecule has 0 unspecified atom stereocenters. The summed E-state index contributed by atoms with van der Waals surface area (Å²) in [7, 11) is 0. The number of aromatic nitrogens is 3. The van der Waals surface area contributed by atoms with Crippen LogP contribution in [0.1, 0.15) is 36.0 Å². The lowest BCUT2D eigenvalue weighted by molar-refractivity contribution is 0.0697. The van der Waals surface area contributed by atoms with Crippen LogP contribution in [-0.2, 0) is 6.54 Å². The minimum atomic E-state index is -0.914. The molecular formula is C13H15N3O2. The van der Waals surface area contributed by atoms with E-state index in [4.69, 9.17) is 5.11 Å². The Balaban J connectivity index is 1.81. The second kappa shape index (κ2) is 4.40. The second-order valence-corrected chi connectivity index (χ2v) is 4.91. The molecule has 18 heavy (non-hydrogen) atoms. The van der Waals surface area contributed by atoms with E-state index in [1.54, 1.807) is 18.2 Å². The molecule has 0 spiro atoms. The van der Waals surface area contributed by atoms with E-state index in [1.165, 1.54) is 19.3 Å². The molecule has 0 atom stereocenters. The van der Waals surface area contributed by atoms with Crippen LogP contribution in [0.2, 0.25) is 0 Å². The number of benzene rings is 1. The number of carbonyl (C=O) groups is 1. The average molecular weight is 245 g/mol. The molecule has 5 nitrogen and oxygen atoms in total. The van der Waals surface area contributed by atoms with Gasteiger partial charge in [0.05, 0.1) is 11.1 Å². The highest BCUT2D eigenvalue weighted by molar-refractivity contribution is 5.92. The van der Waals surface area contributed by atoms with E-state index in [-0.39, 0.29) is 5.56 Å². The van der Waals surface area contributed by atoms with Crippen LogP contribution in [0, 0.1) is 5.92 Å². The average Bonchev–Trinajstić information content (AvgIpc) is 3.09. The maximum atomic E-state index is 10.9. The summed E-state index contributed by atoms with van der Waals surface area (Å²) in [5.74, 6) is -0.00278. The monoisotopic (exact) mass is 245 g/mol. The minimum absolute atomic E-state index is 0.285. The molecule has 0 saturated heterocycles. The zero-order valence-electron chi connectivity index (χ0n) is 10.0. The topological polar surface area (TPSA) is 68.0 Å². The summed E-state index contributed by atoms with van der Waals surface area (Å²) in [4.78, 5) is 10.9. The van der Waals surface area contributed by atoms with Crippen molar-refractivity contribution in [2.75, 3.05) is 0 Å². The predicted octanol–water partition coefficient (Wildman–Crippen LogP) is 2.32. The van der Waals surface area contributed by atoms with Crippen molar-refractivity contribution >= 4 is 17.0 Å². The molecule has 3 rings (SSSR count). The summed E-state index contributed by atoms with van der Waals surface area (Å²) in [5.41, 5.74) is 1.85. The highest BCUT2D eigenvalue weighted by Gasteiger charge is 2.20. The van der Waals surface area contributed by atoms with Gasteiger partial charge in [-0.05, 0) is 37.0 Å². The van der Waals surface area contributed by atoms with E-state index in [0.717, 1.165) is 29.9 Å². The van der Waals surface area contributed by atoms with Gasteiger partial charge in [0.2, 0.25) is 0 Å². The van der Waals surface area contributed by atoms with Crippen molar-refractivity contribution < 1.29 is 9.90 Å². The molecule has 0 aliphatic heterocycles. The molecule has 0 bridgehead atoms. The minimum Gasteiger partial charge on any atom is -0.478 e. The third-order valence-corrected chi connectivity index (χ3v) is 3.44. The summed E-state index contributed by atoms with van der Waals surface area (Å²) in [6.07, 6.45) is 5.04. The Labute approximate surface area is 104 Å². The number of aryl methyl sites for hydroxylation is 1. The summed E-state index contributed by atoms with van der Waals surface area (Å²) in [6, 6.07) is 4.92. The van der Waals surface area contributed by atoms with Crippen LogP contribution in [0.5, 0.6) is 0 Å². The molecule has 1 aliphatic carbocycles. The zero-order chi connectivity index (χ0) is 12.5. The van der Waals surface area contributed by atoms with Crippen LogP contribution in [0.4, 0.5) is 0 Å². The lowest BCUT2D eigenvalue weighted by Crippen LogP contribution is -2.02. The molecule has 1 heterocycles. The van der Waals surface area contributed by atoms with Crippen molar-refractivity contribution in [2.45, 2.75) is 32.2 Å². The molecule has 1 aliphatic rings. The SMILES string of the molecule is O=C(O)c1ccc2nnn(CCCC3CC3)c2c1. The Morgan fingerprint density at radius 2 is 2.28 bits per heavy atom. The van der Waals surface area contributed by atoms with Crippen molar-refractivity contribution in [3.05, 3.63) is 23.8 Å². The van der Waals surface area contributed by atoms with Crippen molar-refractivity contribution in [1.29, 1.82) is 0 Å². The van der Waals surface area contributed by atoms with Crippen LogP contribution < -0.4 is 0 Å². The van der Waals surface area contributed by atoms with Gasteiger partial charge in [0.1, 0.15) is 5.52 Å². The standard InChI is InChI=1S/C13H15N3O2/c17-13(18)10-5-6-11-12(8-10)16(15-14-11)7-1-2-9-3-4-9/h5-6,8-9H,1-4,7H2,(H,17,18). The maximum absolute atomic E-state index is 10.9.